The van der Waals surface area contributed by atoms with Crippen LogP contribution in [0.1, 0.15) is 11.7 Å². The minimum absolute atomic E-state index is 0.0326. The average molecular weight is 269 g/mol. The summed E-state index contributed by atoms with van der Waals surface area (Å²) in [5, 5.41) is 8.63. The Hall–Kier alpha value is -1.93. The number of hydrogen-bond donors (Lipinski definition) is 1. The van der Waals surface area contributed by atoms with Crippen molar-refractivity contribution in [2.45, 2.75) is 18.4 Å². The molecule has 2 rings (SSSR count). The molecular formula is C10H11N3O4S. The third-order valence-electron chi connectivity index (χ3n) is 2.09. The number of sulfonamides is 1. The molecule has 18 heavy (non-hydrogen) atoms. The fourth-order valence-corrected chi connectivity index (χ4v) is 1.79. The Labute approximate surface area is 104 Å². The molecule has 0 aliphatic heterocycles. The summed E-state index contributed by atoms with van der Waals surface area (Å²) in [6.45, 7) is 1.82. The van der Waals surface area contributed by atoms with Gasteiger partial charge in [0.25, 0.3) is 0 Å². The molecule has 0 saturated carbocycles. The average Bonchev–Trinajstić information content (AvgIpc) is 2.72. The number of nitrogens with two attached hydrogens (primary N) is 1. The SMILES string of the molecule is Cc1nc(COc2ccc(S(N)(=O)=O)cc2)no1. The van der Waals surface area contributed by atoms with Gasteiger partial charge in [-0.1, -0.05) is 5.16 Å². The van der Waals surface area contributed by atoms with Crippen molar-refractivity contribution in [3.8, 4) is 5.75 Å². The molecule has 0 amide bonds. The van der Waals surface area contributed by atoms with Crippen molar-refractivity contribution in [2.24, 2.45) is 5.14 Å². The fraction of sp³-hybridized carbons (Fsp3) is 0.200. The lowest BCUT2D eigenvalue weighted by Gasteiger charge is -2.03. The van der Waals surface area contributed by atoms with Crippen LogP contribution in [0.25, 0.3) is 0 Å². The van der Waals surface area contributed by atoms with Crippen molar-refractivity contribution in [2.75, 3.05) is 0 Å². The first kappa shape index (κ1) is 12.5. The second kappa shape index (κ2) is 4.75. The highest BCUT2D eigenvalue weighted by Crippen LogP contribution is 2.15. The molecule has 0 unspecified atom stereocenters. The van der Waals surface area contributed by atoms with Crippen LogP contribution in [0, 0.1) is 6.92 Å². The standard InChI is InChI=1S/C10H11N3O4S/c1-7-12-10(13-17-7)6-16-8-2-4-9(5-3-8)18(11,14)15/h2-5H,6H2,1H3,(H2,11,14,15). The van der Waals surface area contributed by atoms with Crippen molar-refractivity contribution >= 4 is 10.0 Å². The molecule has 0 bridgehead atoms. The van der Waals surface area contributed by atoms with Crippen LogP contribution in [0.4, 0.5) is 0 Å². The number of primary sulfonamides is 1. The monoisotopic (exact) mass is 269 g/mol. The largest absolute Gasteiger partial charge is 0.485 e. The summed E-state index contributed by atoms with van der Waals surface area (Å²) < 4.78 is 32.2. The van der Waals surface area contributed by atoms with Gasteiger partial charge in [-0.3, -0.25) is 0 Å². The molecule has 7 nitrogen and oxygen atoms in total. The number of ether oxygens (including phenoxy) is 1. The van der Waals surface area contributed by atoms with E-state index in [-0.39, 0.29) is 11.5 Å². The Balaban J connectivity index is 2.03. The van der Waals surface area contributed by atoms with Gasteiger partial charge in [-0.25, -0.2) is 13.6 Å². The van der Waals surface area contributed by atoms with Crippen molar-refractivity contribution in [3.05, 3.63) is 36.0 Å². The summed E-state index contributed by atoms with van der Waals surface area (Å²) in [6.07, 6.45) is 0. The van der Waals surface area contributed by atoms with Gasteiger partial charge < -0.3 is 9.26 Å². The fourth-order valence-electron chi connectivity index (χ4n) is 1.27. The van der Waals surface area contributed by atoms with Crippen LogP contribution < -0.4 is 9.88 Å². The maximum absolute atomic E-state index is 11.0. The number of hydrogen-bond acceptors (Lipinski definition) is 6. The number of aromatic nitrogens is 2. The van der Waals surface area contributed by atoms with E-state index >= 15 is 0 Å². The van der Waals surface area contributed by atoms with E-state index in [0.717, 1.165) is 0 Å². The Morgan fingerprint density at radius 2 is 2.00 bits per heavy atom. The Bertz CT molecular complexity index is 633. The van der Waals surface area contributed by atoms with Gasteiger partial charge in [-0.2, -0.15) is 4.98 Å². The third kappa shape index (κ3) is 3.05. The van der Waals surface area contributed by atoms with Crippen molar-refractivity contribution in [3.63, 3.8) is 0 Å². The number of rotatable bonds is 4. The summed E-state index contributed by atoms with van der Waals surface area (Å²) in [7, 11) is -3.68. The first-order valence-electron chi connectivity index (χ1n) is 5.00. The van der Waals surface area contributed by atoms with E-state index in [1.165, 1.54) is 24.3 Å². The molecule has 0 radical (unpaired) electrons. The second-order valence-corrected chi connectivity index (χ2v) is 5.10. The van der Waals surface area contributed by atoms with Crippen LogP contribution in [-0.4, -0.2) is 18.6 Å². The minimum Gasteiger partial charge on any atom is -0.485 e. The highest BCUT2D eigenvalue weighted by Gasteiger charge is 2.08. The lowest BCUT2D eigenvalue weighted by molar-refractivity contribution is 0.285. The Morgan fingerprint density at radius 1 is 1.33 bits per heavy atom. The first-order chi connectivity index (χ1) is 8.45. The summed E-state index contributed by atoms with van der Waals surface area (Å²) in [5.41, 5.74) is 0. The summed E-state index contributed by atoms with van der Waals surface area (Å²) >= 11 is 0. The van der Waals surface area contributed by atoms with Gasteiger partial charge >= 0.3 is 0 Å². The predicted molar refractivity (Wildman–Crippen MR) is 61.2 cm³/mol. The van der Waals surface area contributed by atoms with Crippen LogP contribution in [0.2, 0.25) is 0 Å². The highest BCUT2D eigenvalue weighted by atomic mass is 32.2. The molecule has 0 aliphatic rings. The van der Waals surface area contributed by atoms with E-state index in [0.29, 0.717) is 17.5 Å². The quantitative estimate of drug-likeness (QED) is 0.870. The normalized spacial score (nSPS) is 11.4. The summed E-state index contributed by atoms with van der Waals surface area (Å²) in [5.74, 6) is 1.37. The van der Waals surface area contributed by atoms with Gasteiger partial charge in [0, 0.05) is 6.92 Å². The zero-order valence-electron chi connectivity index (χ0n) is 9.53. The van der Waals surface area contributed by atoms with Crippen LogP contribution in [0.5, 0.6) is 5.75 Å². The lowest BCUT2D eigenvalue weighted by Crippen LogP contribution is -2.11. The maximum Gasteiger partial charge on any atom is 0.238 e. The molecule has 1 aromatic heterocycles. The summed E-state index contributed by atoms with van der Waals surface area (Å²) in [6, 6.07) is 5.75. The van der Waals surface area contributed by atoms with E-state index in [1.54, 1.807) is 6.92 Å². The van der Waals surface area contributed by atoms with Crippen LogP contribution in [0.15, 0.2) is 33.7 Å². The molecule has 0 saturated heterocycles. The van der Waals surface area contributed by atoms with E-state index in [2.05, 4.69) is 10.1 Å². The van der Waals surface area contributed by atoms with Crippen molar-refractivity contribution in [1.82, 2.24) is 10.1 Å². The van der Waals surface area contributed by atoms with Gasteiger partial charge in [0.1, 0.15) is 5.75 Å². The Morgan fingerprint density at radius 3 is 2.50 bits per heavy atom. The smallest absolute Gasteiger partial charge is 0.238 e. The van der Waals surface area contributed by atoms with Crippen LogP contribution >= 0.6 is 0 Å². The molecule has 2 aromatic rings. The predicted octanol–water partition coefficient (Wildman–Crippen LogP) is 0.604. The molecule has 1 heterocycles. The number of aryl methyl sites for hydroxylation is 1. The van der Waals surface area contributed by atoms with E-state index < -0.39 is 10.0 Å². The highest BCUT2D eigenvalue weighted by molar-refractivity contribution is 7.89. The molecule has 2 N–H and O–H groups in total. The van der Waals surface area contributed by atoms with E-state index in [1.807, 2.05) is 0 Å². The molecule has 8 heteroatoms. The summed E-state index contributed by atoms with van der Waals surface area (Å²) in [4.78, 5) is 4.00. The molecule has 0 fully saturated rings. The van der Waals surface area contributed by atoms with Gasteiger partial charge in [0.2, 0.25) is 21.7 Å². The van der Waals surface area contributed by atoms with Crippen LogP contribution in [0.3, 0.4) is 0 Å². The van der Waals surface area contributed by atoms with E-state index in [4.69, 9.17) is 14.4 Å². The van der Waals surface area contributed by atoms with E-state index in [9.17, 15) is 8.42 Å². The topological polar surface area (TPSA) is 108 Å². The zero-order chi connectivity index (χ0) is 13.2. The van der Waals surface area contributed by atoms with Gasteiger partial charge in [-0.15, -0.1) is 0 Å². The second-order valence-electron chi connectivity index (χ2n) is 3.53. The molecule has 0 atom stereocenters. The van der Waals surface area contributed by atoms with Crippen LogP contribution in [-0.2, 0) is 16.6 Å². The molecule has 0 spiro atoms. The van der Waals surface area contributed by atoms with Crippen molar-refractivity contribution in [1.29, 1.82) is 0 Å². The van der Waals surface area contributed by atoms with Gasteiger partial charge in [0.05, 0.1) is 4.90 Å². The number of benzene rings is 1. The molecular weight excluding hydrogens is 258 g/mol. The van der Waals surface area contributed by atoms with Gasteiger partial charge in [0.15, 0.2) is 6.61 Å². The zero-order valence-corrected chi connectivity index (χ0v) is 10.3. The maximum atomic E-state index is 11.0. The third-order valence-corrected chi connectivity index (χ3v) is 3.02. The first-order valence-corrected chi connectivity index (χ1v) is 6.54. The lowest BCUT2D eigenvalue weighted by atomic mass is 10.3. The molecule has 0 aliphatic carbocycles. The van der Waals surface area contributed by atoms with Crippen molar-refractivity contribution < 1.29 is 17.7 Å². The Kier molecular flexibility index (Phi) is 3.30. The molecule has 1 aromatic carbocycles. The molecule has 96 valence electrons. The number of nitrogens with zero attached hydrogens (tertiary/aromatic N) is 2. The van der Waals surface area contributed by atoms with Gasteiger partial charge in [-0.05, 0) is 24.3 Å². The minimum atomic E-state index is -3.68.